The van der Waals surface area contributed by atoms with Crippen LogP contribution in [-0.2, 0) is 0 Å². The molecule has 0 aliphatic carbocycles. The van der Waals surface area contributed by atoms with Crippen LogP contribution >= 0.6 is 0 Å². The molecule has 1 heterocycles. The Morgan fingerprint density at radius 1 is 1.39 bits per heavy atom. The fourth-order valence-corrected chi connectivity index (χ4v) is 4.10. The van der Waals surface area contributed by atoms with E-state index in [1.165, 1.54) is 38.4 Å². The number of hydrogen-bond acceptors (Lipinski definition) is 3. The Morgan fingerprint density at radius 3 is 2.70 bits per heavy atom. The van der Waals surface area contributed by atoms with Crippen molar-refractivity contribution in [3.8, 4) is 0 Å². The average Bonchev–Trinajstić information content (AvgIpc) is 2.90. The molecule has 0 bridgehead atoms. The summed E-state index contributed by atoms with van der Waals surface area (Å²) in [5.74, 6) is 0.302. The molecule has 130 valence electrons. The minimum Gasteiger partial charge on any atom is -0.399 e. The predicted octanol–water partition coefficient (Wildman–Crippen LogP) is 3.99. The van der Waals surface area contributed by atoms with E-state index in [9.17, 15) is 4.39 Å². The van der Waals surface area contributed by atoms with Crippen molar-refractivity contribution in [1.82, 2.24) is 4.90 Å². The van der Waals surface area contributed by atoms with Crippen LogP contribution in [0.1, 0.15) is 40.0 Å². The van der Waals surface area contributed by atoms with Crippen molar-refractivity contribution in [3.05, 3.63) is 24.0 Å². The van der Waals surface area contributed by atoms with E-state index in [1.807, 2.05) is 11.9 Å². The fourth-order valence-electron chi connectivity index (χ4n) is 4.10. The van der Waals surface area contributed by atoms with Crippen molar-refractivity contribution in [2.75, 3.05) is 43.9 Å². The van der Waals surface area contributed by atoms with E-state index in [2.05, 4.69) is 25.7 Å². The third-order valence-corrected chi connectivity index (χ3v) is 5.46. The molecule has 0 saturated carbocycles. The van der Waals surface area contributed by atoms with Gasteiger partial charge in [0, 0.05) is 25.8 Å². The Balaban J connectivity index is 1.97. The summed E-state index contributed by atoms with van der Waals surface area (Å²) in [4.78, 5) is 4.58. The molecule has 2 N–H and O–H groups in total. The number of likely N-dealkylation sites (tertiary alicyclic amines) is 1. The molecule has 0 aromatic heterocycles. The van der Waals surface area contributed by atoms with E-state index in [0.717, 1.165) is 13.1 Å². The first-order chi connectivity index (χ1) is 10.9. The Bertz CT molecular complexity index is 519. The molecule has 4 heteroatoms. The van der Waals surface area contributed by atoms with Gasteiger partial charge in [0.15, 0.2) is 0 Å². The lowest BCUT2D eigenvalue weighted by Gasteiger charge is -2.33. The monoisotopic (exact) mass is 321 g/mol. The summed E-state index contributed by atoms with van der Waals surface area (Å²) in [6.45, 7) is 11.3. The minimum atomic E-state index is -0.233. The highest BCUT2D eigenvalue weighted by atomic mass is 19.1. The van der Waals surface area contributed by atoms with Gasteiger partial charge in [-0.1, -0.05) is 20.8 Å². The van der Waals surface area contributed by atoms with Crippen LogP contribution in [0, 0.1) is 17.2 Å². The lowest BCUT2D eigenvalue weighted by Crippen LogP contribution is -2.32. The third kappa shape index (κ3) is 4.37. The summed E-state index contributed by atoms with van der Waals surface area (Å²) in [5, 5.41) is 0. The molecule has 1 saturated heterocycles. The lowest BCUT2D eigenvalue weighted by molar-refractivity contribution is 0.207. The zero-order valence-electron chi connectivity index (χ0n) is 15.1. The van der Waals surface area contributed by atoms with Gasteiger partial charge in [0.2, 0.25) is 0 Å². The van der Waals surface area contributed by atoms with Gasteiger partial charge < -0.3 is 15.5 Å². The Hall–Kier alpha value is -1.29. The van der Waals surface area contributed by atoms with Crippen LogP contribution in [0.3, 0.4) is 0 Å². The number of benzene rings is 1. The number of anilines is 2. The normalized spacial score (nSPS) is 23.2. The molecule has 0 spiro atoms. The highest BCUT2D eigenvalue weighted by Crippen LogP contribution is 2.40. The number of rotatable bonds is 7. The van der Waals surface area contributed by atoms with Crippen LogP contribution in [0.15, 0.2) is 18.2 Å². The van der Waals surface area contributed by atoms with Crippen molar-refractivity contribution in [3.63, 3.8) is 0 Å². The van der Waals surface area contributed by atoms with Gasteiger partial charge in [-0.05, 0) is 61.9 Å². The zero-order valence-corrected chi connectivity index (χ0v) is 15.1. The third-order valence-electron chi connectivity index (χ3n) is 5.46. The van der Waals surface area contributed by atoms with Crippen LogP contribution in [0.2, 0.25) is 0 Å². The maximum atomic E-state index is 14.1. The molecule has 2 unspecified atom stereocenters. The Labute approximate surface area is 140 Å². The summed E-state index contributed by atoms with van der Waals surface area (Å²) in [7, 11) is 1.97. The number of halogens is 1. The molecule has 0 radical (unpaired) electrons. The molecule has 0 amide bonds. The van der Waals surface area contributed by atoms with E-state index < -0.39 is 0 Å². The maximum absolute atomic E-state index is 14.1. The van der Waals surface area contributed by atoms with E-state index >= 15 is 0 Å². The summed E-state index contributed by atoms with van der Waals surface area (Å²) < 4.78 is 14.1. The summed E-state index contributed by atoms with van der Waals surface area (Å²) in [5.41, 5.74) is 7.19. The smallest absolute Gasteiger partial charge is 0.148 e. The second-order valence-corrected chi connectivity index (χ2v) is 7.37. The van der Waals surface area contributed by atoms with Crippen LogP contribution in [0.25, 0.3) is 0 Å². The van der Waals surface area contributed by atoms with Gasteiger partial charge in [-0.25, -0.2) is 4.39 Å². The molecule has 23 heavy (non-hydrogen) atoms. The SMILES string of the molecule is CCN1CCC(CC)(CC(C)CN(C)c2ccc(N)cc2F)C1. The van der Waals surface area contributed by atoms with Crippen molar-refractivity contribution < 1.29 is 4.39 Å². The van der Waals surface area contributed by atoms with Crippen LogP contribution in [0.5, 0.6) is 0 Å². The molecular formula is C19H32FN3. The van der Waals surface area contributed by atoms with Gasteiger partial charge in [0.1, 0.15) is 5.82 Å². The van der Waals surface area contributed by atoms with Gasteiger partial charge in [0.05, 0.1) is 5.69 Å². The predicted molar refractivity (Wildman–Crippen MR) is 97.3 cm³/mol. The maximum Gasteiger partial charge on any atom is 0.148 e. The first-order valence-corrected chi connectivity index (χ1v) is 8.87. The van der Waals surface area contributed by atoms with Crippen LogP contribution in [-0.4, -0.2) is 38.1 Å². The first kappa shape index (κ1) is 18.1. The minimum absolute atomic E-state index is 0.233. The molecule has 3 nitrogen and oxygen atoms in total. The molecule has 1 aliphatic heterocycles. The van der Waals surface area contributed by atoms with Crippen LogP contribution in [0.4, 0.5) is 15.8 Å². The summed E-state index contributed by atoms with van der Waals surface area (Å²) in [6.07, 6.45) is 3.73. The number of hydrogen-bond donors (Lipinski definition) is 1. The standard InChI is InChI=1S/C19H32FN3/c1-5-19(9-10-23(6-2)14-19)12-15(3)13-22(4)18-8-7-16(21)11-17(18)20/h7-8,11,15H,5-6,9-10,12-14,21H2,1-4H3. The largest absolute Gasteiger partial charge is 0.399 e. The van der Waals surface area contributed by atoms with E-state index in [1.54, 1.807) is 12.1 Å². The van der Waals surface area contributed by atoms with Crippen molar-refractivity contribution in [2.24, 2.45) is 11.3 Å². The van der Waals surface area contributed by atoms with Gasteiger partial charge in [-0.15, -0.1) is 0 Å². The van der Waals surface area contributed by atoms with Gasteiger partial charge >= 0.3 is 0 Å². The van der Waals surface area contributed by atoms with Crippen LogP contribution < -0.4 is 10.6 Å². The topological polar surface area (TPSA) is 32.5 Å². The quantitative estimate of drug-likeness (QED) is 0.771. The van der Waals surface area contributed by atoms with Crippen molar-refractivity contribution in [1.29, 1.82) is 0 Å². The molecular weight excluding hydrogens is 289 g/mol. The number of nitrogen functional groups attached to an aromatic ring is 1. The highest BCUT2D eigenvalue weighted by molar-refractivity contribution is 5.54. The van der Waals surface area contributed by atoms with E-state index in [0.29, 0.717) is 22.7 Å². The fraction of sp³-hybridized carbons (Fsp3) is 0.684. The second-order valence-electron chi connectivity index (χ2n) is 7.37. The summed E-state index contributed by atoms with van der Waals surface area (Å²) in [6, 6.07) is 4.95. The molecule has 2 atom stereocenters. The molecule has 2 rings (SSSR count). The second kappa shape index (κ2) is 7.52. The zero-order chi connectivity index (χ0) is 17.0. The lowest BCUT2D eigenvalue weighted by atomic mass is 9.76. The average molecular weight is 321 g/mol. The van der Waals surface area contributed by atoms with Gasteiger partial charge in [-0.2, -0.15) is 0 Å². The molecule has 1 fully saturated rings. The van der Waals surface area contributed by atoms with Gasteiger partial charge in [0.25, 0.3) is 0 Å². The highest BCUT2D eigenvalue weighted by Gasteiger charge is 2.37. The number of nitrogens with two attached hydrogens (primary N) is 1. The number of nitrogens with zero attached hydrogens (tertiary/aromatic N) is 2. The molecule has 1 aliphatic rings. The summed E-state index contributed by atoms with van der Waals surface area (Å²) >= 11 is 0. The van der Waals surface area contributed by atoms with E-state index in [-0.39, 0.29) is 5.82 Å². The molecule has 1 aromatic rings. The Kier molecular flexibility index (Phi) is 5.90. The molecule has 1 aromatic carbocycles. The van der Waals surface area contributed by atoms with Crippen molar-refractivity contribution in [2.45, 2.75) is 40.0 Å². The van der Waals surface area contributed by atoms with Crippen molar-refractivity contribution >= 4 is 11.4 Å². The Morgan fingerprint density at radius 2 is 2.13 bits per heavy atom. The first-order valence-electron chi connectivity index (χ1n) is 8.87. The van der Waals surface area contributed by atoms with E-state index in [4.69, 9.17) is 5.73 Å². The van der Waals surface area contributed by atoms with Gasteiger partial charge in [-0.3, -0.25) is 0 Å².